The number of carbonyl (C=O) groups is 2. The van der Waals surface area contributed by atoms with E-state index in [0.29, 0.717) is 31.6 Å². The third-order valence-corrected chi connectivity index (χ3v) is 10.4. The van der Waals surface area contributed by atoms with Crippen LogP contribution in [0.25, 0.3) is 0 Å². The molecular formula is C36H57FO4. The van der Waals surface area contributed by atoms with Crippen LogP contribution in [-0.2, 0) is 16.0 Å². The van der Waals surface area contributed by atoms with E-state index < -0.39 is 28.6 Å². The van der Waals surface area contributed by atoms with Gasteiger partial charge in [-0.3, -0.25) is 9.59 Å². The first-order valence-electron chi connectivity index (χ1n) is 17.1. The molecule has 5 heteroatoms. The van der Waals surface area contributed by atoms with Gasteiger partial charge in [0, 0.05) is 0 Å². The summed E-state index contributed by atoms with van der Waals surface area (Å²) in [5.41, 5.74) is -1.38. The van der Waals surface area contributed by atoms with Gasteiger partial charge in [-0.05, 0) is 68.6 Å². The number of carboxylic acid groups (broad SMARTS) is 1. The minimum Gasteiger partial charge on any atom is -0.481 e. The lowest BCUT2D eigenvalue weighted by molar-refractivity contribution is -0.178. The van der Waals surface area contributed by atoms with E-state index in [-0.39, 0.29) is 5.75 Å². The van der Waals surface area contributed by atoms with Crippen LogP contribution in [-0.4, -0.2) is 17.0 Å². The molecule has 41 heavy (non-hydrogen) atoms. The van der Waals surface area contributed by atoms with Crippen molar-refractivity contribution in [2.75, 3.05) is 0 Å². The number of rotatable bonds is 14. The molecule has 1 N–H and O–H groups in total. The van der Waals surface area contributed by atoms with Gasteiger partial charge in [0.05, 0.1) is 10.8 Å². The summed E-state index contributed by atoms with van der Waals surface area (Å²) in [5, 5.41) is 10.9. The predicted molar refractivity (Wildman–Crippen MR) is 165 cm³/mol. The second-order valence-corrected chi connectivity index (χ2v) is 13.2. The summed E-state index contributed by atoms with van der Waals surface area (Å²) in [6, 6.07) is 4.95. The molecule has 1 aromatic carbocycles. The highest BCUT2D eigenvalue weighted by molar-refractivity contribution is 5.89. The topological polar surface area (TPSA) is 63.6 Å². The van der Waals surface area contributed by atoms with Crippen molar-refractivity contribution in [2.24, 2.45) is 16.7 Å². The number of carboxylic acids is 1. The first-order valence-corrected chi connectivity index (χ1v) is 17.1. The zero-order chi connectivity index (χ0) is 29.6. The van der Waals surface area contributed by atoms with E-state index in [4.69, 9.17) is 4.74 Å². The third kappa shape index (κ3) is 9.04. The van der Waals surface area contributed by atoms with Gasteiger partial charge in [-0.2, -0.15) is 0 Å². The number of carbonyl (C=O) groups excluding carboxylic acids is 1. The van der Waals surface area contributed by atoms with E-state index in [9.17, 15) is 14.7 Å². The van der Waals surface area contributed by atoms with Crippen molar-refractivity contribution in [1.29, 1.82) is 0 Å². The van der Waals surface area contributed by atoms with E-state index >= 15 is 4.39 Å². The maximum atomic E-state index is 15.3. The quantitative estimate of drug-likeness (QED) is 0.137. The lowest BCUT2D eigenvalue weighted by atomic mass is 9.53. The summed E-state index contributed by atoms with van der Waals surface area (Å²) in [6.45, 7) is 4.40. The Morgan fingerprint density at radius 1 is 0.805 bits per heavy atom. The molecule has 2 atom stereocenters. The average molecular weight is 573 g/mol. The standard InChI is InChI=1S/C36H57FO4/c1-3-5-7-9-13-20-30-21-22-32(31(37)28-30)41-34(40)36(35(33(38)39)24-15-10-8-11-16-25-35)26-17-14-19-29(23-27-36)18-12-6-4-2/h21-22,28-29H,3-20,23-27H2,1-2H3,(H,38,39). The van der Waals surface area contributed by atoms with Crippen LogP contribution in [0.3, 0.4) is 0 Å². The van der Waals surface area contributed by atoms with Crippen LogP contribution in [0.4, 0.5) is 4.39 Å². The zero-order valence-corrected chi connectivity index (χ0v) is 26.1. The molecule has 1 aromatic rings. The van der Waals surface area contributed by atoms with Gasteiger partial charge in [0.2, 0.25) is 0 Å². The van der Waals surface area contributed by atoms with Crippen molar-refractivity contribution in [3.63, 3.8) is 0 Å². The Bertz CT molecular complexity index is 936. The molecule has 0 aromatic heterocycles. The summed E-state index contributed by atoms with van der Waals surface area (Å²) in [4.78, 5) is 27.7. The Kier molecular flexibility index (Phi) is 14.1. The van der Waals surface area contributed by atoms with Gasteiger partial charge < -0.3 is 9.84 Å². The van der Waals surface area contributed by atoms with Gasteiger partial charge >= 0.3 is 11.9 Å². The highest BCUT2D eigenvalue weighted by atomic mass is 19.1. The van der Waals surface area contributed by atoms with E-state index in [1.54, 1.807) is 6.07 Å². The van der Waals surface area contributed by atoms with Crippen molar-refractivity contribution in [3.05, 3.63) is 29.6 Å². The average Bonchev–Trinajstić information content (AvgIpc) is 2.92. The number of hydrogen-bond donors (Lipinski definition) is 1. The van der Waals surface area contributed by atoms with Crippen molar-refractivity contribution >= 4 is 11.9 Å². The molecule has 0 heterocycles. The molecule has 2 fully saturated rings. The van der Waals surface area contributed by atoms with E-state index in [2.05, 4.69) is 13.8 Å². The molecule has 3 rings (SSSR count). The molecule has 232 valence electrons. The number of unbranched alkanes of at least 4 members (excludes halogenated alkanes) is 6. The van der Waals surface area contributed by atoms with Crippen LogP contribution < -0.4 is 4.74 Å². The van der Waals surface area contributed by atoms with E-state index in [1.165, 1.54) is 44.6 Å². The Labute approximate surface area is 249 Å². The van der Waals surface area contributed by atoms with Crippen LogP contribution in [0.15, 0.2) is 18.2 Å². The van der Waals surface area contributed by atoms with Crippen LogP contribution in [0.5, 0.6) is 5.75 Å². The molecule has 2 saturated carbocycles. The minimum absolute atomic E-state index is 0.0583. The number of halogens is 1. The van der Waals surface area contributed by atoms with E-state index in [1.807, 2.05) is 6.07 Å². The van der Waals surface area contributed by atoms with Crippen LogP contribution >= 0.6 is 0 Å². The molecule has 0 saturated heterocycles. The zero-order valence-electron chi connectivity index (χ0n) is 26.1. The van der Waals surface area contributed by atoms with Crippen LogP contribution in [0.1, 0.15) is 161 Å². The number of aryl methyl sites for hydroxylation is 1. The van der Waals surface area contributed by atoms with Crippen molar-refractivity contribution in [2.45, 2.75) is 162 Å². The van der Waals surface area contributed by atoms with Gasteiger partial charge in [0.15, 0.2) is 11.6 Å². The predicted octanol–water partition coefficient (Wildman–Crippen LogP) is 10.6. The van der Waals surface area contributed by atoms with Crippen LogP contribution in [0.2, 0.25) is 0 Å². The lowest BCUT2D eigenvalue weighted by Gasteiger charge is -2.48. The molecule has 2 aliphatic carbocycles. The lowest BCUT2D eigenvalue weighted by Crippen LogP contribution is -2.55. The highest BCUT2D eigenvalue weighted by Gasteiger charge is 2.61. The van der Waals surface area contributed by atoms with Gasteiger partial charge in [-0.15, -0.1) is 0 Å². The summed E-state index contributed by atoms with van der Waals surface area (Å²) < 4.78 is 21.3. The summed E-state index contributed by atoms with van der Waals surface area (Å²) in [5.74, 6) is -1.46. The number of ether oxygens (including phenoxy) is 1. The summed E-state index contributed by atoms with van der Waals surface area (Å²) >= 11 is 0. The third-order valence-electron chi connectivity index (χ3n) is 10.4. The first-order chi connectivity index (χ1) is 19.9. The molecule has 2 aliphatic rings. The normalized spacial score (nSPS) is 23.5. The number of hydrogen-bond acceptors (Lipinski definition) is 3. The maximum absolute atomic E-state index is 15.3. The monoisotopic (exact) mass is 572 g/mol. The molecule has 0 aliphatic heterocycles. The number of benzene rings is 1. The Balaban J connectivity index is 1.88. The molecule has 4 nitrogen and oxygen atoms in total. The fourth-order valence-corrected chi connectivity index (χ4v) is 7.75. The minimum atomic E-state index is -1.16. The van der Waals surface area contributed by atoms with Gasteiger partial charge in [0.25, 0.3) is 0 Å². The molecule has 0 amide bonds. The Morgan fingerprint density at radius 2 is 1.44 bits per heavy atom. The molecule has 2 unspecified atom stereocenters. The molecule has 0 radical (unpaired) electrons. The number of esters is 1. The number of aliphatic carboxylic acids is 1. The van der Waals surface area contributed by atoms with Crippen molar-refractivity contribution < 1.29 is 23.8 Å². The van der Waals surface area contributed by atoms with Gasteiger partial charge in [-0.1, -0.05) is 123 Å². The van der Waals surface area contributed by atoms with Crippen molar-refractivity contribution in [1.82, 2.24) is 0 Å². The van der Waals surface area contributed by atoms with Crippen LogP contribution in [0, 0.1) is 22.6 Å². The molecule has 0 spiro atoms. The van der Waals surface area contributed by atoms with Gasteiger partial charge in [0.1, 0.15) is 0 Å². The fraction of sp³-hybridized carbons (Fsp3) is 0.778. The maximum Gasteiger partial charge on any atom is 0.318 e. The Morgan fingerprint density at radius 3 is 2.12 bits per heavy atom. The van der Waals surface area contributed by atoms with Gasteiger partial charge in [-0.25, -0.2) is 4.39 Å². The smallest absolute Gasteiger partial charge is 0.318 e. The fourth-order valence-electron chi connectivity index (χ4n) is 7.75. The second-order valence-electron chi connectivity index (χ2n) is 13.2. The SMILES string of the molecule is CCCCCCCc1ccc(OC(=O)C2(C3(C(=O)O)CCCCCCC3)CCCCC(CCCCC)CC2)c(F)c1. The Hall–Kier alpha value is -1.91. The molecule has 0 bridgehead atoms. The summed E-state index contributed by atoms with van der Waals surface area (Å²) in [7, 11) is 0. The molecular weight excluding hydrogens is 515 g/mol. The van der Waals surface area contributed by atoms with E-state index in [0.717, 1.165) is 89.0 Å². The first kappa shape index (κ1) is 33.6. The van der Waals surface area contributed by atoms with Crippen molar-refractivity contribution in [3.8, 4) is 5.75 Å². The summed E-state index contributed by atoms with van der Waals surface area (Å²) in [6.07, 6.45) is 21.8. The largest absolute Gasteiger partial charge is 0.481 e. The highest BCUT2D eigenvalue weighted by Crippen LogP contribution is 2.56. The second kappa shape index (κ2) is 17.3.